The Morgan fingerprint density at radius 2 is 2.00 bits per heavy atom. The monoisotopic (exact) mass is 331 g/mol. The molecule has 0 unspecified atom stereocenters. The summed E-state index contributed by atoms with van der Waals surface area (Å²) in [4.78, 5) is 16.6. The van der Waals surface area contributed by atoms with Crippen molar-refractivity contribution in [3.63, 3.8) is 0 Å². The van der Waals surface area contributed by atoms with Crippen molar-refractivity contribution >= 4 is 5.91 Å². The van der Waals surface area contributed by atoms with Crippen molar-refractivity contribution in [1.82, 2.24) is 10.3 Å². The van der Waals surface area contributed by atoms with E-state index >= 15 is 0 Å². The molecule has 0 saturated heterocycles. The third-order valence-electron chi connectivity index (χ3n) is 3.74. The predicted octanol–water partition coefficient (Wildman–Crippen LogP) is 3.49. The molecular weight excluding hydrogens is 314 g/mol. The van der Waals surface area contributed by atoms with Crippen LogP contribution in [0.1, 0.15) is 27.6 Å². The highest BCUT2D eigenvalue weighted by Gasteiger charge is 2.13. The van der Waals surface area contributed by atoms with E-state index in [4.69, 9.17) is 9.68 Å². The highest BCUT2D eigenvalue weighted by Crippen LogP contribution is 2.23. The zero-order valence-electron chi connectivity index (χ0n) is 13.8. The van der Waals surface area contributed by atoms with Gasteiger partial charge in [0, 0.05) is 31.0 Å². The molecule has 0 atom stereocenters. The first-order valence-electron chi connectivity index (χ1n) is 7.97. The Balaban J connectivity index is 1.67. The molecule has 3 rings (SSSR count). The molecule has 2 aromatic carbocycles. The van der Waals surface area contributed by atoms with Gasteiger partial charge in [-0.3, -0.25) is 4.79 Å². The van der Waals surface area contributed by atoms with E-state index in [1.54, 1.807) is 24.3 Å². The molecule has 5 nitrogen and oxygen atoms in total. The fourth-order valence-corrected chi connectivity index (χ4v) is 2.58. The number of amides is 1. The number of rotatable bonds is 5. The van der Waals surface area contributed by atoms with Gasteiger partial charge in [-0.2, -0.15) is 5.26 Å². The van der Waals surface area contributed by atoms with Gasteiger partial charge in [0.15, 0.2) is 5.89 Å². The number of hydrogen-bond acceptors (Lipinski definition) is 4. The SMILES string of the molecule is Cc1nc(-c2ccccc2)c(CCNC(=O)c2cccc(C#N)c2)o1. The van der Waals surface area contributed by atoms with Crippen LogP contribution in [0.2, 0.25) is 0 Å². The van der Waals surface area contributed by atoms with Crippen LogP contribution in [0.5, 0.6) is 0 Å². The molecule has 0 saturated carbocycles. The average Bonchev–Trinajstić information content (AvgIpc) is 3.03. The molecule has 0 aliphatic carbocycles. The van der Waals surface area contributed by atoms with Gasteiger partial charge in [0.05, 0.1) is 11.6 Å². The van der Waals surface area contributed by atoms with Crippen molar-refractivity contribution in [2.45, 2.75) is 13.3 Å². The van der Waals surface area contributed by atoms with E-state index < -0.39 is 0 Å². The van der Waals surface area contributed by atoms with E-state index in [1.807, 2.05) is 43.3 Å². The Morgan fingerprint density at radius 3 is 2.76 bits per heavy atom. The highest BCUT2D eigenvalue weighted by molar-refractivity contribution is 5.94. The number of nitriles is 1. The molecular formula is C20H17N3O2. The zero-order valence-corrected chi connectivity index (χ0v) is 13.8. The minimum absolute atomic E-state index is 0.213. The molecule has 3 aromatic rings. The Hall–Kier alpha value is -3.39. The maximum atomic E-state index is 12.2. The van der Waals surface area contributed by atoms with E-state index in [0.717, 1.165) is 17.0 Å². The molecule has 1 amide bonds. The molecule has 1 N–H and O–H groups in total. The fourth-order valence-electron chi connectivity index (χ4n) is 2.58. The summed E-state index contributed by atoms with van der Waals surface area (Å²) in [7, 11) is 0. The number of oxazole rings is 1. The van der Waals surface area contributed by atoms with Gasteiger partial charge < -0.3 is 9.73 Å². The van der Waals surface area contributed by atoms with Gasteiger partial charge in [0.2, 0.25) is 0 Å². The Bertz CT molecular complexity index is 924. The predicted molar refractivity (Wildman–Crippen MR) is 93.9 cm³/mol. The summed E-state index contributed by atoms with van der Waals surface area (Å²) in [5, 5.41) is 11.8. The van der Waals surface area contributed by atoms with Crippen LogP contribution in [0, 0.1) is 18.3 Å². The number of aryl methyl sites for hydroxylation is 1. The largest absolute Gasteiger partial charge is 0.445 e. The first-order chi connectivity index (χ1) is 12.2. The van der Waals surface area contributed by atoms with Crippen LogP contribution in [0.25, 0.3) is 11.3 Å². The molecule has 0 fully saturated rings. The lowest BCUT2D eigenvalue weighted by Crippen LogP contribution is -2.25. The third-order valence-corrected chi connectivity index (χ3v) is 3.74. The summed E-state index contributed by atoms with van der Waals surface area (Å²) in [6.45, 7) is 2.23. The van der Waals surface area contributed by atoms with Crippen LogP contribution < -0.4 is 5.32 Å². The van der Waals surface area contributed by atoms with Crippen LogP contribution >= 0.6 is 0 Å². The summed E-state index contributed by atoms with van der Waals surface area (Å²) >= 11 is 0. The normalized spacial score (nSPS) is 10.2. The number of carbonyl (C=O) groups excluding carboxylic acids is 1. The number of nitrogens with zero attached hydrogens (tertiary/aromatic N) is 2. The van der Waals surface area contributed by atoms with E-state index in [9.17, 15) is 4.79 Å². The van der Waals surface area contributed by atoms with Crippen LogP contribution in [-0.4, -0.2) is 17.4 Å². The van der Waals surface area contributed by atoms with Crippen molar-refractivity contribution in [2.75, 3.05) is 6.54 Å². The van der Waals surface area contributed by atoms with Crippen molar-refractivity contribution < 1.29 is 9.21 Å². The molecule has 25 heavy (non-hydrogen) atoms. The fraction of sp³-hybridized carbons (Fsp3) is 0.150. The minimum Gasteiger partial charge on any atom is -0.445 e. The lowest BCUT2D eigenvalue weighted by atomic mass is 10.1. The van der Waals surface area contributed by atoms with Gasteiger partial charge in [-0.05, 0) is 18.2 Å². The van der Waals surface area contributed by atoms with E-state index in [-0.39, 0.29) is 5.91 Å². The van der Waals surface area contributed by atoms with Crippen LogP contribution in [-0.2, 0) is 6.42 Å². The second kappa shape index (κ2) is 7.45. The summed E-state index contributed by atoms with van der Waals surface area (Å²) in [5.74, 6) is 1.13. The smallest absolute Gasteiger partial charge is 0.251 e. The number of aromatic nitrogens is 1. The van der Waals surface area contributed by atoms with Crippen molar-refractivity contribution in [3.8, 4) is 17.3 Å². The summed E-state index contributed by atoms with van der Waals surface area (Å²) < 4.78 is 5.69. The van der Waals surface area contributed by atoms with Crippen molar-refractivity contribution in [3.05, 3.63) is 77.4 Å². The van der Waals surface area contributed by atoms with Crippen molar-refractivity contribution in [2.24, 2.45) is 0 Å². The second-order valence-corrected chi connectivity index (χ2v) is 5.57. The summed E-state index contributed by atoms with van der Waals surface area (Å²) in [6.07, 6.45) is 0.536. The molecule has 0 spiro atoms. The molecule has 1 aromatic heterocycles. The van der Waals surface area contributed by atoms with Gasteiger partial charge in [0.1, 0.15) is 11.5 Å². The summed E-state index contributed by atoms with van der Waals surface area (Å²) in [5.41, 5.74) is 2.72. The van der Waals surface area contributed by atoms with E-state index in [1.165, 1.54) is 0 Å². The van der Waals surface area contributed by atoms with Crippen LogP contribution in [0.15, 0.2) is 59.0 Å². The number of carbonyl (C=O) groups is 1. The maximum absolute atomic E-state index is 12.2. The highest BCUT2D eigenvalue weighted by atomic mass is 16.4. The second-order valence-electron chi connectivity index (χ2n) is 5.57. The lowest BCUT2D eigenvalue weighted by molar-refractivity contribution is 0.0953. The molecule has 0 aliphatic heterocycles. The van der Waals surface area contributed by atoms with E-state index in [2.05, 4.69) is 10.3 Å². The molecule has 0 radical (unpaired) electrons. The number of hydrogen-bond donors (Lipinski definition) is 1. The number of nitrogens with one attached hydrogen (secondary N) is 1. The Labute approximate surface area is 145 Å². The lowest BCUT2D eigenvalue weighted by Gasteiger charge is -2.05. The Morgan fingerprint density at radius 1 is 1.20 bits per heavy atom. The standard InChI is InChI=1S/C20H17N3O2/c1-14-23-19(16-7-3-2-4-8-16)18(25-14)10-11-22-20(24)17-9-5-6-15(12-17)13-21/h2-9,12H,10-11H2,1H3,(H,22,24). The van der Waals surface area contributed by atoms with Crippen LogP contribution in [0.4, 0.5) is 0 Å². The van der Waals surface area contributed by atoms with Gasteiger partial charge in [-0.1, -0.05) is 36.4 Å². The molecule has 1 heterocycles. The molecule has 0 bridgehead atoms. The first kappa shape index (κ1) is 16.5. The molecule has 124 valence electrons. The Kier molecular flexibility index (Phi) is 4.91. The van der Waals surface area contributed by atoms with Gasteiger partial charge in [-0.25, -0.2) is 4.98 Å². The van der Waals surface area contributed by atoms with Gasteiger partial charge in [-0.15, -0.1) is 0 Å². The van der Waals surface area contributed by atoms with Gasteiger partial charge >= 0.3 is 0 Å². The average molecular weight is 331 g/mol. The topological polar surface area (TPSA) is 78.9 Å². The van der Waals surface area contributed by atoms with Gasteiger partial charge in [0.25, 0.3) is 5.91 Å². The quantitative estimate of drug-likeness (QED) is 0.776. The molecule has 0 aliphatic rings. The van der Waals surface area contributed by atoms with Crippen LogP contribution in [0.3, 0.4) is 0 Å². The minimum atomic E-state index is -0.213. The first-order valence-corrected chi connectivity index (χ1v) is 7.97. The zero-order chi connectivity index (χ0) is 17.6. The van der Waals surface area contributed by atoms with Crippen molar-refractivity contribution in [1.29, 1.82) is 5.26 Å². The molecule has 5 heteroatoms. The summed E-state index contributed by atoms with van der Waals surface area (Å²) in [6, 6.07) is 18.5. The number of benzene rings is 2. The van der Waals surface area contributed by atoms with E-state index in [0.29, 0.717) is 30.0 Å². The maximum Gasteiger partial charge on any atom is 0.251 e. The third kappa shape index (κ3) is 3.93.